The number of anilines is 3. The lowest BCUT2D eigenvalue weighted by Gasteiger charge is -2.36. The molecule has 0 spiro atoms. The molecule has 1 aliphatic heterocycles. The molecule has 0 unspecified atom stereocenters. The standard InChI is InChI=1S/C22H25N5O2S/c1-16-7-8-23-20(13-16)25-22-24-17(15-30-22)14-21(28)27-11-9-26(10-12-27)18-5-3-4-6-19(18)29-2/h3-8,13,15H,9-12,14H2,1-2H3,(H,23,24,25). The quantitative estimate of drug-likeness (QED) is 0.655. The van der Waals surface area contributed by atoms with Crippen LogP contribution in [0.25, 0.3) is 0 Å². The van der Waals surface area contributed by atoms with Crippen LogP contribution in [0.2, 0.25) is 0 Å². The van der Waals surface area contributed by atoms with Crippen LogP contribution in [-0.4, -0.2) is 54.1 Å². The summed E-state index contributed by atoms with van der Waals surface area (Å²) >= 11 is 1.49. The molecule has 7 nitrogen and oxygen atoms in total. The number of piperazine rings is 1. The van der Waals surface area contributed by atoms with Gasteiger partial charge in [-0.1, -0.05) is 12.1 Å². The van der Waals surface area contributed by atoms with Gasteiger partial charge in [0.1, 0.15) is 11.6 Å². The Hall–Kier alpha value is -3.13. The fourth-order valence-electron chi connectivity index (χ4n) is 3.51. The average molecular weight is 424 g/mol. The van der Waals surface area contributed by atoms with Crippen LogP contribution in [-0.2, 0) is 11.2 Å². The van der Waals surface area contributed by atoms with Crippen molar-refractivity contribution in [1.29, 1.82) is 0 Å². The fraction of sp³-hybridized carbons (Fsp3) is 0.318. The Morgan fingerprint density at radius 3 is 2.77 bits per heavy atom. The second kappa shape index (κ2) is 9.13. The Bertz CT molecular complexity index is 1010. The minimum Gasteiger partial charge on any atom is -0.495 e. The van der Waals surface area contributed by atoms with Crippen molar-refractivity contribution in [3.8, 4) is 5.75 Å². The predicted octanol–water partition coefficient (Wildman–Crippen LogP) is 3.49. The zero-order valence-corrected chi connectivity index (χ0v) is 18.0. The first kappa shape index (κ1) is 20.2. The molecule has 1 saturated heterocycles. The number of amides is 1. The van der Waals surface area contributed by atoms with Crippen LogP contribution in [0.3, 0.4) is 0 Å². The molecule has 1 N–H and O–H groups in total. The molecule has 1 aromatic carbocycles. The highest BCUT2D eigenvalue weighted by Gasteiger charge is 2.23. The number of nitrogens with one attached hydrogen (secondary N) is 1. The highest BCUT2D eigenvalue weighted by atomic mass is 32.1. The minimum absolute atomic E-state index is 0.111. The lowest BCUT2D eigenvalue weighted by Crippen LogP contribution is -2.49. The van der Waals surface area contributed by atoms with Gasteiger partial charge in [-0.2, -0.15) is 0 Å². The number of nitrogens with zero attached hydrogens (tertiary/aromatic N) is 4. The molecule has 8 heteroatoms. The van der Waals surface area contributed by atoms with Crippen LogP contribution in [0, 0.1) is 6.92 Å². The van der Waals surface area contributed by atoms with E-state index in [0.717, 1.165) is 46.7 Å². The Kier molecular flexibility index (Phi) is 6.13. The third kappa shape index (κ3) is 4.71. The summed E-state index contributed by atoms with van der Waals surface area (Å²) in [5.74, 6) is 1.73. The predicted molar refractivity (Wildman–Crippen MR) is 120 cm³/mol. The number of carbonyl (C=O) groups is 1. The van der Waals surface area contributed by atoms with E-state index in [1.54, 1.807) is 13.3 Å². The molecular formula is C22H25N5O2S. The van der Waals surface area contributed by atoms with Gasteiger partial charge >= 0.3 is 0 Å². The molecule has 0 radical (unpaired) electrons. The fourth-order valence-corrected chi connectivity index (χ4v) is 4.23. The number of hydrogen-bond acceptors (Lipinski definition) is 7. The molecule has 4 rings (SSSR count). The van der Waals surface area contributed by atoms with Gasteiger partial charge in [0.05, 0.1) is 24.9 Å². The summed E-state index contributed by atoms with van der Waals surface area (Å²) in [4.78, 5) is 25.8. The molecule has 0 saturated carbocycles. The molecule has 1 amide bonds. The Labute approximate surface area is 180 Å². The molecule has 1 aliphatic rings. The Morgan fingerprint density at radius 1 is 1.20 bits per heavy atom. The van der Waals surface area contributed by atoms with E-state index in [0.29, 0.717) is 19.5 Å². The summed E-state index contributed by atoms with van der Waals surface area (Å²) in [5, 5.41) is 5.88. The maximum Gasteiger partial charge on any atom is 0.228 e. The van der Waals surface area contributed by atoms with Crippen LogP contribution in [0.15, 0.2) is 48.0 Å². The molecule has 3 heterocycles. The van der Waals surface area contributed by atoms with E-state index in [2.05, 4.69) is 26.3 Å². The van der Waals surface area contributed by atoms with E-state index in [1.165, 1.54) is 11.3 Å². The first-order valence-electron chi connectivity index (χ1n) is 9.92. The maximum atomic E-state index is 12.8. The number of carbonyl (C=O) groups excluding carboxylic acids is 1. The van der Waals surface area contributed by atoms with Crippen LogP contribution in [0.1, 0.15) is 11.3 Å². The number of aromatic nitrogens is 2. The van der Waals surface area contributed by atoms with Gasteiger partial charge in [0, 0.05) is 37.8 Å². The summed E-state index contributed by atoms with van der Waals surface area (Å²) in [6.45, 7) is 4.98. The zero-order valence-electron chi connectivity index (χ0n) is 17.2. The number of hydrogen-bond donors (Lipinski definition) is 1. The Morgan fingerprint density at radius 2 is 2.00 bits per heavy atom. The van der Waals surface area contributed by atoms with Gasteiger partial charge < -0.3 is 19.9 Å². The minimum atomic E-state index is 0.111. The second-order valence-electron chi connectivity index (χ2n) is 7.20. The number of methoxy groups -OCH3 is 1. The van der Waals surface area contributed by atoms with Crippen LogP contribution in [0.4, 0.5) is 16.6 Å². The van der Waals surface area contributed by atoms with Gasteiger partial charge in [0.25, 0.3) is 0 Å². The number of pyridine rings is 1. The summed E-state index contributed by atoms with van der Waals surface area (Å²) in [5.41, 5.74) is 2.99. The van der Waals surface area contributed by atoms with Crippen molar-refractivity contribution >= 4 is 33.9 Å². The highest BCUT2D eigenvalue weighted by molar-refractivity contribution is 7.13. The molecule has 1 fully saturated rings. The number of ether oxygens (including phenoxy) is 1. The molecule has 156 valence electrons. The van der Waals surface area contributed by atoms with E-state index >= 15 is 0 Å². The van der Waals surface area contributed by atoms with E-state index in [1.807, 2.05) is 47.5 Å². The Balaban J connectivity index is 1.31. The van der Waals surface area contributed by atoms with Gasteiger partial charge in [-0.3, -0.25) is 4.79 Å². The van der Waals surface area contributed by atoms with Crippen molar-refractivity contribution in [3.63, 3.8) is 0 Å². The van der Waals surface area contributed by atoms with E-state index < -0.39 is 0 Å². The lowest BCUT2D eigenvalue weighted by atomic mass is 10.2. The highest BCUT2D eigenvalue weighted by Crippen LogP contribution is 2.28. The molecule has 2 aromatic heterocycles. The van der Waals surface area contributed by atoms with Gasteiger partial charge in [0.2, 0.25) is 5.91 Å². The SMILES string of the molecule is COc1ccccc1N1CCN(C(=O)Cc2csc(Nc3cc(C)ccn3)n2)CC1. The monoisotopic (exact) mass is 423 g/mol. The normalized spacial score (nSPS) is 13.9. The van der Waals surface area contributed by atoms with Crippen molar-refractivity contribution in [2.24, 2.45) is 0 Å². The van der Waals surface area contributed by atoms with Crippen molar-refractivity contribution in [2.75, 3.05) is 43.5 Å². The average Bonchev–Trinajstić information content (AvgIpc) is 3.20. The third-order valence-corrected chi connectivity index (χ3v) is 5.90. The second-order valence-corrected chi connectivity index (χ2v) is 8.06. The maximum absolute atomic E-state index is 12.8. The number of benzene rings is 1. The van der Waals surface area contributed by atoms with E-state index in [4.69, 9.17) is 4.74 Å². The van der Waals surface area contributed by atoms with Crippen LogP contribution in [0.5, 0.6) is 5.75 Å². The number of aryl methyl sites for hydroxylation is 1. The van der Waals surface area contributed by atoms with E-state index in [-0.39, 0.29) is 5.91 Å². The molecule has 0 aliphatic carbocycles. The van der Waals surface area contributed by atoms with Crippen molar-refractivity contribution in [1.82, 2.24) is 14.9 Å². The first-order chi connectivity index (χ1) is 14.6. The van der Waals surface area contributed by atoms with Crippen molar-refractivity contribution < 1.29 is 9.53 Å². The van der Waals surface area contributed by atoms with E-state index in [9.17, 15) is 4.79 Å². The summed E-state index contributed by atoms with van der Waals surface area (Å²) in [6.07, 6.45) is 2.08. The largest absolute Gasteiger partial charge is 0.495 e. The lowest BCUT2D eigenvalue weighted by molar-refractivity contribution is -0.130. The molecule has 0 bridgehead atoms. The number of rotatable bonds is 6. The summed E-state index contributed by atoms with van der Waals surface area (Å²) in [6, 6.07) is 11.9. The molecule has 30 heavy (non-hydrogen) atoms. The van der Waals surface area contributed by atoms with Crippen molar-refractivity contribution in [2.45, 2.75) is 13.3 Å². The number of para-hydroxylation sites is 2. The summed E-state index contributed by atoms with van der Waals surface area (Å²) in [7, 11) is 1.69. The van der Waals surface area contributed by atoms with Crippen molar-refractivity contribution in [3.05, 3.63) is 59.2 Å². The van der Waals surface area contributed by atoms with Gasteiger partial charge in [-0.15, -0.1) is 11.3 Å². The molecule has 3 aromatic rings. The molecular weight excluding hydrogens is 398 g/mol. The van der Waals surface area contributed by atoms with Gasteiger partial charge in [0.15, 0.2) is 5.13 Å². The zero-order chi connectivity index (χ0) is 20.9. The van der Waals surface area contributed by atoms with Gasteiger partial charge in [-0.05, 0) is 36.8 Å². The van der Waals surface area contributed by atoms with Crippen LogP contribution < -0.4 is 15.0 Å². The topological polar surface area (TPSA) is 70.6 Å². The van der Waals surface area contributed by atoms with Crippen LogP contribution >= 0.6 is 11.3 Å². The third-order valence-electron chi connectivity index (χ3n) is 5.09. The smallest absolute Gasteiger partial charge is 0.228 e. The summed E-state index contributed by atoms with van der Waals surface area (Å²) < 4.78 is 5.46. The first-order valence-corrected chi connectivity index (χ1v) is 10.8. The van der Waals surface area contributed by atoms with Gasteiger partial charge in [-0.25, -0.2) is 9.97 Å². The molecule has 0 atom stereocenters. The number of thiazole rings is 1.